The number of benzene rings is 2. The van der Waals surface area contributed by atoms with Gasteiger partial charge in [-0.25, -0.2) is 4.98 Å². The van der Waals surface area contributed by atoms with E-state index in [2.05, 4.69) is 35.9 Å². The van der Waals surface area contributed by atoms with Crippen LogP contribution in [-0.2, 0) is 0 Å². The van der Waals surface area contributed by atoms with Gasteiger partial charge in [0.15, 0.2) is 0 Å². The number of fused-ring (bicyclic) bond motifs is 1. The average Bonchev–Trinajstić information content (AvgIpc) is 2.82. The third-order valence-corrected chi connectivity index (χ3v) is 3.64. The molecule has 1 heterocycles. The number of rotatable bonds is 2. The van der Waals surface area contributed by atoms with Crippen LogP contribution in [0.3, 0.4) is 0 Å². The molecule has 0 amide bonds. The second-order valence-electron chi connectivity index (χ2n) is 4.91. The Morgan fingerprint density at radius 3 is 2.65 bits per heavy atom. The zero-order valence-corrected chi connectivity index (χ0v) is 12.4. The van der Waals surface area contributed by atoms with Crippen molar-refractivity contribution in [1.82, 2.24) is 9.97 Å². The van der Waals surface area contributed by atoms with Gasteiger partial charge in [0, 0.05) is 5.56 Å². The van der Waals surface area contributed by atoms with Crippen LogP contribution in [0.4, 0.5) is 0 Å². The number of H-pyrrole nitrogens is 1. The number of ether oxygens (including phenoxy) is 1. The van der Waals surface area contributed by atoms with E-state index in [1.807, 2.05) is 18.2 Å². The van der Waals surface area contributed by atoms with Gasteiger partial charge in [-0.15, -0.1) is 0 Å². The van der Waals surface area contributed by atoms with Gasteiger partial charge < -0.3 is 9.72 Å². The van der Waals surface area contributed by atoms with E-state index in [0.717, 1.165) is 22.4 Å². The summed E-state index contributed by atoms with van der Waals surface area (Å²) in [5.74, 6) is 1.48. The van der Waals surface area contributed by atoms with Crippen LogP contribution in [0.15, 0.2) is 30.3 Å². The lowest BCUT2D eigenvalue weighted by Gasteiger charge is -2.03. The standard InChI is InChI=1S/C16H15ClN2O/c1-9-6-10(2)15-13(7-9)18-16(19-15)11-4-5-14(20-3)12(17)8-11/h4-8H,1-3H3,(H,18,19). The Hall–Kier alpha value is -2.00. The molecule has 0 spiro atoms. The van der Waals surface area contributed by atoms with E-state index in [1.54, 1.807) is 7.11 Å². The molecule has 20 heavy (non-hydrogen) atoms. The number of aryl methyl sites for hydroxylation is 2. The Morgan fingerprint density at radius 1 is 1.15 bits per heavy atom. The zero-order valence-electron chi connectivity index (χ0n) is 11.6. The van der Waals surface area contributed by atoms with Crippen molar-refractivity contribution in [3.63, 3.8) is 0 Å². The molecule has 0 aliphatic heterocycles. The smallest absolute Gasteiger partial charge is 0.138 e. The molecule has 0 aliphatic rings. The van der Waals surface area contributed by atoms with Gasteiger partial charge in [-0.05, 0) is 49.2 Å². The van der Waals surface area contributed by atoms with Gasteiger partial charge in [-0.3, -0.25) is 0 Å². The van der Waals surface area contributed by atoms with Gasteiger partial charge in [-0.1, -0.05) is 17.7 Å². The van der Waals surface area contributed by atoms with E-state index >= 15 is 0 Å². The number of nitrogens with one attached hydrogen (secondary N) is 1. The minimum atomic E-state index is 0.582. The molecular formula is C16H15ClN2O. The van der Waals surface area contributed by atoms with E-state index in [4.69, 9.17) is 16.3 Å². The lowest BCUT2D eigenvalue weighted by molar-refractivity contribution is 0.415. The maximum Gasteiger partial charge on any atom is 0.138 e. The summed E-state index contributed by atoms with van der Waals surface area (Å²) in [6.45, 7) is 4.15. The number of nitrogens with zero attached hydrogens (tertiary/aromatic N) is 1. The normalized spacial score (nSPS) is 11.0. The molecule has 0 fully saturated rings. The quantitative estimate of drug-likeness (QED) is 0.753. The van der Waals surface area contributed by atoms with Crippen LogP contribution in [0, 0.1) is 13.8 Å². The second kappa shape index (κ2) is 4.84. The first-order chi connectivity index (χ1) is 9.58. The fourth-order valence-corrected chi connectivity index (χ4v) is 2.68. The fourth-order valence-electron chi connectivity index (χ4n) is 2.42. The van der Waals surface area contributed by atoms with Gasteiger partial charge in [0.2, 0.25) is 0 Å². The molecule has 0 radical (unpaired) electrons. The zero-order chi connectivity index (χ0) is 14.3. The number of halogens is 1. The van der Waals surface area contributed by atoms with Gasteiger partial charge >= 0.3 is 0 Å². The largest absolute Gasteiger partial charge is 0.495 e. The number of aromatic nitrogens is 2. The van der Waals surface area contributed by atoms with Crippen molar-refractivity contribution >= 4 is 22.6 Å². The molecule has 102 valence electrons. The summed E-state index contributed by atoms with van der Waals surface area (Å²) in [5.41, 5.74) is 5.38. The third kappa shape index (κ3) is 2.14. The van der Waals surface area contributed by atoms with Crippen molar-refractivity contribution in [3.05, 3.63) is 46.5 Å². The molecule has 0 aliphatic carbocycles. The predicted octanol–water partition coefficient (Wildman–Crippen LogP) is 4.51. The molecule has 0 bridgehead atoms. The van der Waals surface area contributed by atoms with Gasteiger partial charge in [0.1, 0.15) is 11.6 Å². The summed E-state index contributed by atoms with van der Waals surface area (Å²) >= 11 is 6.17. The predicted molar refractivity (Wildman–Crippen MR) is 82.6 cm³/mol. The average molecular weight is 287 g/mol. The summed E-state index contributed by atoms with van der Waals surface area (Å²) in [5, 5.41) is 0.582. The molecule has 4 heteroatoms. The van der Waals surface area contributed by atoms with Crippen molar-refractivity contribution in [2.45, 2.75) is 13.8 Å². The van der Waals surface area contributed by atoms with Crippen molar-refractivity contribution in [1.29, 1.82) is 0 Å². The van der Waals surface area contributed by atoms with Gasteiger partial charge in [-0.2, -0.15) is 0 Å². The number of methoxy groups -OCH3 is 1. The van der Waals surface area contributed by atoms with Crippen LogP contribution >= 0.6 is 11.6 Å². The molecular weight excluding hydrogens is 272 g/mol. The molecule has 2 aromatic carbocycles. The molecule has 1 N–H and O–H groups in total. The first kappa shape index (κ1) is 13.0. The summed E-state index contributed by atoms with van der Waals surface area (Å²) in [7, 11) is 1.61. The maximum atomic E-state index is 6.17. The topological polar surface area (TPSA) is 37.9 Å². The monoisotopic (exact) mass is 286 g/mol. The highest BCUT2D eigenvalue weighted by Crippen LogP contribution is 2.30. The van der Waals surface area contributed by atoms with Crippen LogP contribution in [0.25, 0.3) is 22.4 Å². The fraction of sp³-hybridized carbons (Fsp3) is 0.188. The van der Waals surface area contributed by atoms with Crippen LogP contribution < -0.4 is 4.74 Å². The lowest BCUT2D eigenvalue weighted by Crippen LogP contribution is -1.86. The van der Waals surface area contributed by atoms with Crippen LogP contribution in [0.5, 0.6) is 5.75 Å². The van der Waals surface area contributed by atoms with Crippen LogP contribution in [0.2, 0.25) is 5.02 Å². The Balaban J connectivity index is 2.15. The summed E-state index contributed by atoms with van der Waals surface area (Å²) in [6.07, 6.45) is 0. The number of hydrogen-bond acceptors (Lipinski definition) is 2. The Kier molecular flexibility index (Phi) is 3.14. The Bertz CT molecular complexity index is 793. The van der Waals surface area contributed by atoms with Crippen molar-refractivity contribution in [3.8, 4) is 17.1 Å². The molecule has 1 aromatic heterocycles. The summed E-state index contributed by atoms with van der Waals surface area (Å²) < 4.78 is 5.17. The SMILES string of the molecule is COc1ccc(-c2nc3c(C)cc(C)cc3[nH]2)cc1Cl. The van der Waals surface area contributed by atoms with Gasteiger partial charge in [0.25, 0.3) is 0 Å². The van der Waals surface area contributed by atoms with Crippen LogP contribution in [-0.4, -0.2) is 17.1 Å². The number of aromatic amines is 1. The highest BCUT2D eigenvalue weighted by molar-refractivity contribution is 6.32. The first-order valence-corrected chi connectivity index (χ1v) is 6.77. The molecule has 3 nitrogen and oxygen atoms in total. The maximum absolute atomic E-state index is 6.17. The second-order valence-corrected chi connectivity index (χ2v) is 5.32. The van der Waals surface area contributed by atoms with E-state index < -0.39 is 0 Å². The molecule has 3 rings (SSSR count). The van der Waals surface area contributed by atoms with E-state index in [0.29, 0.717) is 10.8 Å². The van der Waals surface area contributed by atoms with Crippen molar-refractivity contribution < 1.29 is 4.74 Å². The van der Waals surface area contributed by atoms with Crippen molar-refractivity contribution in [2.24, 2.45) is 0 Å². The number of hydrogen-bond donors (Lipinski definition) is 1. The number of imidazole rings is 1. The van der Waals surface area contributed by atoms with E-state index in [1.165, 1.54) is 11.1 Å². The Morgan fingerprint density at radius 2 is 1.95 bits per heavy atom. The molecule has 3 aromatic rings. The molecule has 0 saturated carbocycles. The highest BCUT2D eigenvalue weighted by atomic mass is 35.5. The minimum absolute atomic E-state index is 0.582. The lowest BCUT2D eigenvalue weighted by atomic mass is 10.1. The molecule has 0 atom stereocenters. The Labute approximate surface area is 122 Å². The van der Waals surface area contributed by atoms with Crippen molar-refractivity contribution in [2.75, 3.05) is 7.11 Å². The minimum Gasteiger partial charge on any atom is -0.495 e. The van der Waals surface area contributed by atoms with E-state index in [9.17, 15) is 0 Å². The molecule has 0 saturated heterocycles. The first-order valence-electron chi connectivity index (χ1n) is 6.39. The van der Waals surface area contributed by atoms with Gasteiger partial charge in [0.05, 0.1) is 23.2 Å². The molecule has 0 unspecified atom stereocenters. The summed E-state index contributed by atoms with van der Waals surface area (Å²) in [4.78, 5) is 8.01. The highest BCUT2D eigenvalue weighted by Gasteiger charge is 2.10. The third-order valence-electron chi connectivity index (χ3n) is 3.35. The van der Waals surface area contributed by atoms with E-state index in [-0.39, 0.29) is 0 Å². The van der Waals surface area contributed by atoms with Crippen LogP contribution in [0.1, 0.15) is 11.1 Å². The summed E-state index contributed by atoms with van der Waals surface area (Å²) in [6, 6.07) is 9.89.